The molecule has 2 fully saturated rings. The number of carbonyl (C=O) groups is 1. The monoisotopic (exact) mass is 361 g/mol. The SMILES string of the molecule is Cl.O=C(c1c[nH]c(=O)c(Br)c1)N1CCC2CCC(C1)N2. The van der Waals surface area contributed by atoms with Gasteiger partial charge in [-0.05, 0) is 41.3 Å². The second-order valence-corrected chi connectivity index (χ2v) is 6.10. The first-order chi connectivity index (χ1) is 9.13. The van der Waals surface area contributed by atoms with Gasteiger partial charge < -0.3 is 15.2 Å². The van der Waals surface area contributed by atoms with E-state index in [4.69, 9.17) is 0 Å². The summed E-state index contributed by atoms with van der Waals surface area (Å²) in [5.74, 6) is -0.00806. The summed E-state index contributed by atoms with van der Waals surface area (Å²) < 4.78 is 0.396. The highest BCUT2D eigenvalue weighted by molar-refractivity contribution is 9.10. The lowest BCUT2D eigenvalue weighted by Gasteiger charge is -2.24. The van der Waals surface area contributed by atoms with Crippen LogP contribution in [0.3, 0.4) is 0 Å². The van der Waals surface area contributed by atoms with E-state index in [1.54, 1.807) is 6.07 Å². The lowest BCUT2D eigenvalue weighted by molar-refractivity contribution is 0.0747. The minimum atomic E-state index is -0.215. The molecule has 0 aliphatic carbocycles. The summed E-state index contributed by atoms with van der Waals surface area (Å²) in [6, 6.07) is 2.57. The molecule has 3 heterocycles. The Morgan fingerprint density at radius 2 is 2.05 bits per heavy atom. The summed E-state index contributed by atoms with van der Waals surface area (Å²) in [6.45, 7) is 1.54. The molecule has 0 spiro atoms. The van der Waals surface area contributed by atoms with E-state index in [9.17, 15) is 9.59 Å². The van der Waals surface area contributed by atoms with Gasteiger partial charge in [0.1, 0.15) is 0 Å². The number of aromatic nitrogens is 1. The minimum absolute atomic E-state index is 0. The molecule has 1 aromatic rings. The molecule has 2 atom stereocenters. The normalized spacial score (nSPS) is 24.9. The number of fused-ring (bicyclic) bond motifs is 2. The number of rotatable bonds is 1. The summed E-state index contributed by atoms with van der Waals surface area (Å²) >= 11 is 3.16. The van der Waals surface area contributed by atoms with Crippen LogP contribution in [0, 0.1) is 0 Å². The molecule has 2 unspecified atom stereocenters. The number of hydrogen-bond acceptors (Lipinski definition) is 3. The number of aromatic amines is 1. The van der Waals surface area contributed by atoms with E-state index in [0.717, 1.165) is 25.9 Å². The summed E-state index contributed by atoms with van der Waals surface area (Å²) in [7, 11) is 0. The molecule has 0 saturated carbocycles. The van der Waals surface area contributed by atoms with Crippen LogP contribution in [0.4, 0.5) is 0 Å². The third kappa shape index (κ3) is 3.07. The predicted molar refractivity (Wildman–Crippen MR) is 82.5 cm³/mol. The lowest BCUT2D eigenvalue weighted by atomic mass is 10.1. The number of amides is 1. The van der Waals surface area contributed by atoms with Crippen LogP contribution in [0.5, 0.6) is 0 Å². The van der Waals surface area contributed by atoms with Crippen molar-refractivity contribution in [2.45, 2.75) is 31.3 Å². The molecule has 0 radical (unpaired) electrons. The molecule has 1 amide bonds. The van der Waals surface area contributed by atoms with Gasteiger partial charge in [0.25, 0.3) is 11.5 Å². The maximum absolute atomic E-state index is 12.4. The van der Waals surface area contributed by atoms with E-state index in [1.165, 1.54) is 12.6 Å². The van der Waals surface area contributed by atoms with E-state index < -0.39 is 0 Å². The molecule has 2 bridgehead atoms. The van der Waals surface area contributed by atoms with E-state index in [0.29, 0.717) is 22.1 Å². The number of hydrogen-bond donors (Lipinski definition) is 2. The predicted octanol–water partition coefficient (Wildman–Crippen LogP) is 1.53. The first-order valence-corrected chi connectivity index (χ1v) is 7.36. The Bertz CT molecular complexity index is 563. The van der Waals surface area contributed by atoms with Crippen LogP contribution in [0.1, 0.15) is 29.6 Å². The van der Waals surface area contributed by atoms with Gasteiger partial charge in [0.15, 0.2) is 0 Å². The quantitative estimate of drug-likeness (QED) is 0.796. The summed E-state index contributed by atoms with van der Waals surface area (Å²) in [6.07, 6.45) is 4.86. The maximum Gasteiger partial charge on any atom is 0.262 e. The first-order valence-electron chi connectivity index (χ1n) is 6.57. The number of nitrogens with zero attached hydrogens (tertiary/aromatic N) is 1. The molecule has 110 valence electrons. The molecular weight excluding hydrogens is 346 g/mol. The number of likely N-dealkylation sites (tertiary alicyclic amines) is 1. The van der Waals surface area contributed by atoms with Gasteiger partial charge in [-0.2, -0.15) is 0 Å². The molecule has 1 aromatic heterocycles. The second kappa shape index (κ2) is 6.28. The third-order valence-electron chi connectivity index (χ3n) is 3.92. The zero-order chi connectivity index (χ0) is 13.4. The zero-order valence-electron chi connectivity index (χ0n) is 10.9. The molecule has 5 nitrogen and oxygen atoms in total. The van der Waals surface area contributed by atoms with Gasteiger partial charge in [0.2, 0.25) is 0 Å². The second-order valence-electron chi connectivity index (χ2n) is 5.24. The van der Waals surface area contributed by atoms with Gasteiger partial charge in [-0.25, -0.2) is 0 Å². The first kappa shape index (κ1) is 15.5. The van der Waals surface area contributed by atoms with Crippen molar-refractivity contribution in [3.8, 4) is 0 Å². The highest BCUT2D eigenvalue weighted by Crippen LogP contribution is 2.21. The topological polar surface area (TPSA) is 65.2 Å². The molecule has 0 aromatic carbocycles. The Morgan fingerprint density at radius 1 is 1.30 bits per heavy atom. The van der Waals surface area contributed by atoms with E-state index in [-0.39, 0.29) is 23.9 Å². The number of halogens is 2. The van der Waals surface area contributed by atoms with Crippen LogP contribution in [-0.4, -0.2) is 41.0 Å². The average Bonchev–Trinajstić information content (AvgIpc) is 2.72. The van der Waals surface area contributed by atoms with Crippen LogP contribution in [-0.2, 0) is 0 Å². The standard InChI is InChI=1S/C13H16BrN3O2.ClH/c14-11-5-8(6-15-12(11)18)13(19)17-4-3-9-1-2-10(7-17)16-9;/h5-6,9-10,16H,1-4,7H2,(H,15,18);1H. The van der Waals surface area contributed by atoms with Crippen molar-refractivity contribution in [2.75, 3.05) is 13.1 Å². The van der Waals surface area contributed by atoms with Gasteiger partial charge in [-0.1, -0.05) is 0 Å². The third-order valence-corrected chi connectivity index (χ3v) is 4.50. The lowest BCUT2D eigenvalue weighted by Crippen LogP contribution is -2.39. The molecule has 3 rings (SSSR count). The van der Waals surface area contributed by atoms with Crippen LogP contribution >= 0.6 is 28.3 Å². The van der Waals surface area contributed by atoms with Crippen LogP contribution < -0.4 is 10.9 Å². The molecular formula is C13H17BrClN3O2. The molecule has 2 aliphatic rings. The Kier molecular flexibility index (Phi) is 4.88. The molecule has 2 aliphatic heterocycles. The van der Waals surface area contributed by atoms with Crippen LogP contribution in [0.25, 0.3) is 0 Å². The smallest absolute Gasteiger partial charge is 0.262 e. The number of nitrogens with one attached hydrogen (secondary N) is 2. The highest BCUT2D eigenvalue weighted by Gasteiger charge is 2.31. The Labute approximate surface area is 131 Å². The fourth-order valence-electron chi connectivity index (χ4n) is 2.89. The summed E-state index contributed by atoms with van der Waals surface area (Å²) in [4.78, 5) is 28.2. The summed E-state index contributed by atoms with van der Waals surface area (Å²) in [5.41, 5.74) is 0.317. The van der Waals surface area contributed by atoms with Crippen LogP contribution in [0.15, 0.2) is 21.5 Å². The Morgan fingerprint density at radius 3 is 2.80 bits per heavy atom. The van der Waals surface area contributed by atoms with E-state index in [1.807, 2.05) is 4.90 Å². The van der Waals surface area contributed by atoms with Gasteiger partial charge in [-0.15, -0.1) is 12.4 Å². The molecule has 2 N–H and O–H groups in total. The number of carbonyl (C=O) groups excluding carboxylic acids is 1. The van der Waals surface area contributed by atoms with Crippen molar-refractivity contribution < 1.29 is 4.79 Å². The largest absolute Gasteiger partial charge is 0.337 e. The number of pyridine rings is 1. The van der Waals surface area contributed by atoms with E-state index in [2.05, 4.69) is 26.2 Å². The Hall–Kier alpha value is -0.850. The molecule has 7 heteroatoms. The van der Waals surface area contributed by atoms with E-state index >= 15 is 0 Å². The van der Waals surface area contributed by atoms with Gasteiger partial charge in [0, 0.05) is 31.4 Å². The van der Waals surface area contributed by atoms with Crippen LogP contribution in [0.2, 0.25) is 0 Å². The molecule has 20 heavy (non-hydrogen) atoms. The van der Waals surface area contributed by atoms with Crippen molar-refractivity contribution in [2.24, 2.45) is 0 Å². The maximum atomic E-state index is 12.4. The van der Waals surface area contributed by atoms with Crippen molar-refractivity contribution in [1.82, 2.24) is 15.2 Å². The summed E-state index contributed by atoms with van der Waals surface area (Å²) in [5, 5.41) is 3.55. The van der Waals surface area contributed by atoms with Gasteiger partial charge in [-0.3, -0.25) is 9.59 Å². The fraction of sp³-hybridized carbons (Fsp3) is 0.538. The van der Waals surface area contributed by atoms with Gasteiger partial charge >= 0.3 is 0 Å². The fourth-order valence-corrected chi connectivity index (χ4v) is 3.25. The zero-order valence-corrected chi connectivity index (χ0v) is 13.3. The van der Waals surface area contributed by atoms with Crippen molar-refractivity contribution in [3.63, 3.8) is 0 Å². The van der Waals surface area contributed by atoms with Gasteiger partial charge in [0.05, 0.1) is 10.0 Å². The highest BCUT2D eigenvalue weighted by atomic mass is 79.9. The van der Waals surface area contributed by atoms with Crippen molar-refractivity contribution in [1.29, 1.82) is 0 Å². The minimum Gasteiger partial charge on any atom is -0.337 e. The average molecular weight is 363 g/mol. The van der Waals surface area contributed by atoms with Crippen molar-refractivity contribution in [3.05, 3.63) is 32.7 Å². The molecule has 2 saturated heterocycles. The number of H-pyrrole nitrogens is 1. The van der Waals surface area contributed by atoms with Crippen molar-refractivity contribution >= 4 is 34.2 Å². The Balaban J connectivity index is 0.00000147.